The summed E-state index contributed by atoms with van der Waals surface area (Å²) in [5.74, 6) is 0. The molecule has 0 N–H and O–H groups in total. The van der Waals surface area contributed by atoms with E-state index in [0.717, 1.165) is 55.8 Å². The second-order valence-electron chi connectivity index (χ2n) is 9.82. The Hall–Kier alpha value is -5.34. The van der Waals surface area contributed by atoms with Crippen molar-refractivity contribution in [3.05, 3.63) is 158 Å². The Morgan fingerprint density at radius 1 is 0.250 bits per heavy atom. The Bertz CT molecular complexity index is 1900. The number of aromatic nitrogens is 2. The van der Waals surface area contributed by atoms with Crippen molar-refractivity contribution in [1.29, 1.82) is 0 Å². The first-order valence-corrected chi connectivity index (χ1v) is 13.5. The Balaban J connectivity index is 1.50. The zero-order valence-corrected chi connectivity index (χ0v) is 21.9. The molecule has 0 spiro atoms. The quantitative estimate of drug-likeness (QED) is 0.230. The van der Waals surface area contributed by atoms with E-state index in [9.17, 15) is 0 Å². The lowest BCUT2D eigenvalue weighted by Crippen LogP contribution is -1.99. The van der Waals surface area contributed by atoms with E-state index in [1.54, 1.807) is 0 Å². The molecule has 6 aromatic carbocycles. The molecule has 0 aliphatic carbocycles. The van der Waals surface area contributed by atoms with Crippen LogP contribution in [-0.2, 0) is 0 Å². The third kappa shape index (κ3) is 4.46. The summed E-state index contributed by atoms with van der Waals surface area (Å²) in [5.41, 5.74) is 12.4. The fourth-order valence-electron chi connectivity index (χ4n) is 5.29. The van der Waals surface area contributed by atoms with Gasteiger partial charge in [0.1, 0.15) is 0 Å². The highest BCUT2D eigenvalue weighted by molar-refractivity contribution is 6.03. The molecular weight excluding hydrogens is 484 g/mol. The standard InChI is InChI=1S/C38H26N2/c1-5-13-27(14-6-1)28-21-23-30(24-22-28)34-26-25-33(29-15-7-2-8-16-29)37-38(34)40-36(32-19-11-4-12-20-32)35(39-37)31-17-9-3-10-18-31/h1-26H. The minimum absolute atomic E-state index is 0.881. The van der Waals surface area contributed by atoms with Crippen molar-refractivity contribution >= 4 is 11.0 Å². The molecule has 2 heteroatoms. The molecule has 0 saturated carbocycles. The summed E-state index contributed by atoms with van der Waals surface area (Å²) in [4.78, 5) is 10.8. The molecular formula is C38H26N2. The third-order valence-electron chi connectivity index (χ3n) is 7.30. The van der Waals surface area contributed by atoms with E-state index in [-0.39, 0.29) is 0 Å². The summed E-state index contributed by atoms with van der Waals surface area (Å²) >= 11 is 0. The first kappa shape index (κ1) is 23.8. The summed E-state index contributed by atoms with van der Waals surface area (Å²) in [7, 11) is 0. The van der Waals surface area contributed by atoms with Crippen molar-refractivity contribution in [3.63, 3.8) is 0 Å². The summed E-state index contributed by atoms with van der Waals surface area (Å²) in [5, 5.41) is 0. The van der Waals surface area contributed by atoms with Gasteiger partial charge >= 0.3 is 0 Å². The highest BCUT2D eigenvalue weighted by atomic mass is 14.8. The van der Waals surface area contributed by atoms with Gasteiger partial charge in [0.05, 0.1) is 22.4 Å². The first-order valence-electron chi connectivity index (χ1n) is 13.5. The van der Waals surface area contributed by atoms with E-state index in [4.69, 9.17) is 9.97 Å². The van der Waals surface area contributed by atoms with Crippen LogP contribution in [0.15, 0.2) is 158 Å². The van der Waals surface area contributed by atoms with E-state index in [0.29, 0.717) is 0 Å². The van der Waals surface area contributed by atoms with Crippen LogP contribution in [0.25, 0.3) is 66.9 Å². The SMILES string of the molecule is c1ccc(-c2ccc(-c3ccc(-c4ccccc4)c4nc(-c5ccccc5)c(-c5ccccc5)nc34)cc2)cc1. The number of rotatable bonds is 5. The highest BCUT2D eigenvalue weighted by Crippen LogP contribution is 2.39. The highest BCUT2D eigenvalue weighted by Gasteiger charge is 2.18. The maximum absolute atomic E-state index is 5.40. The first-order chi connectivity index (χ1) is 19.8. The fourth-order valence-corrected chi connectivity index (χ4v) is 5.29. The summed E-state index contributed by atoms with van der Waals surface area (Å²) in [6.07, 6.45) is 0. The van der Waals surface area contributed by atoms with E-state index < -0.39 is 0 Å². The number of benzene rings is 6. The van der Waals surface area contributed by atoms with Crippen LogP contribution in [-0.4, -0.2) is 9.97 Å². The van der Waals surface area contributed by atoms with Gasteiger partial charge in [-0.15, -0.1) is 0 Å². The molecule has 1 aromatic heterocycles. The lowest BCUT2D eigenvalue weighted by Gasteiger charge is -2.16. The Labute approximate surface area is 234 Å². The van der Waals surface area contributed by atoms with Crippen LogP contribution in [0.1, 0.15) is 0 Å². The van der Waals surface area contributed by atoms with Crippen molar-refractivity contribution in [2.75, 3.05) is 0 Å². The van der Waals surface area contributed by atoms with Crippen molar-refractivity contribution in [2.45, 2.75) is 0 Å². The minimum Gasteiger partial charge on any atom is -0.243 e. The average molecular weight is 511 g/mol. The van der Waals surface area contributed by atoms with Gasteiger partial charge in [-0.1, -0.05) is 158 Å². The van der Waals surface area contributed by atoms with Crippen LogP contribution in [0, 0.1) is 0 Å². The number of hydrogen-bond acceptors (Lipinski definition) is 2. The van der Waals surface area contributed by atoms with Gasteiger partial charge in [0, 0.05) is 22.3 Å². The second kappa shape index (κ2) is 10.4. The number of nitrogens with zero attached hydrogens (tertiary/aromatic N) is 2. The van der Waals surface area contributed by atoms with Gasteiger partial charge in [0.2, 0.25) is 0 Å². The molecule has 0 fully saturated rings. The predicted molar refractivity (Wildman–Crippen MR) is 167 cm³/mol. The molecule has 0 atom stereocenters. The molecule has 0 aliphatic rings. The predicted octanol–water partition coefficient (Wildman–Crippen LogP) is 9.96. The van der Waals surface area contributed by atoms with Crippen LogP contribution < -0.4 is 0 Å². The Morgan fingerprint density at radius 3 is 0.975 bits per heavy atom. The van der Waals surface area contributed by atoms with Crippen LogP contribution in [0.2, 0.25) is 0 Å². The van der Waals surface area contributed by atoms with E-state index in [1.165, 1.54) is 11.1 Å². The molecule has 0 unspecified atom stereocenters. The molecule has 0 saturated heterocycles. The van der Waals surface area contributed by atoms with Gasteiger partial charge < -0.3 is 0 Å². The normalized spacial score (nSPS) is 11.0. The molecule has 0 aliphatic heterocycles. The molecule has 188 valence electrons. The topological polar surface area (TPSA) is 25.8 Å². The van der Waals surface area contributed by atoms with Gasteiger partial charge in [-0.3, -0.25) is 0 Å². The molecule has 0 radical (unpaired) electrons. The van der Waals surface area contributed by atoms with Gasteiger partial charge in [-0.05, 0) is 22.3 Å². The van der Waals surface area contributed by atoms with Gasteiger partial charge in [-0.25, -0.2) is 9.97 Å². The van der Waals surface area contributed by atoms with Crippen LogP contribution in [0.3, 0.4) is 0 Å². The van der Waals surface area contributed by atoms with Crippen LogP contribution in [0.4, 0.5) is 0 Å². The van der Waals surface area contributed by atoms with Crippen molar-refractivity contribution < 1.29 is 0 Å². The fraction of sp³-hybridized carbons (Fsp3) is 0. The monoisotopic (exact) mass is 510 g/mol. The third-order valence-corrected chi connectivity index (χ3v) is 7.30. The largest absolute Gasteiger partial charge is 0.243 e. The maximum Gasteiger partial charge on any atom is 0.0979 e. The van der Waals surface area contributed by atoms with Crippen molar-refractivity contribution in [3.8, 4) is 55.9 Å². The number of fused-ring (bicyclic) bond motifs is 1. The van der Waals surface area contributed by atoms with Crippen molar-refractivity contribution in [2.24, 2.45) is 0 Å². The maximum atomic E-state index is 5.40. The van der Waals surface area contributed by atoms with Gasteiger partial charge in [0.15, 0.2) is 0 Å². The molecule has 1 heterocycles. The lowest BCUT2D eigenvalue weighted by atomic mass is 9.95. The zero-order chi connectivity index (χ0) is 26.7. The smallest absolute Gasteiger partial charge is 0.0979 e. The van der Waals surface area contributed by atoms with E-state index in [2.05, 4.69) is 133 Å². The summed E-state index contributed by atoms with van der Waals surface area (Å²) < 4.78 is 0. The van der Waals surface area contributed by atoms with E-state index in [1.807, 2.05) is 24.3 Å². The number of hydrogen-bond donors (Lipinski definition) is 0. The molecule has 0 amide bonds. The Morgan fingerprint density at radius 2 is 0.550 bits per heavy atom. The molecule has 7 rings (SSSR count). The molecule has 7 aromatic rings. The molecule has 0 bridgehead atoms. The zero-order valence-electron chi connectivity index (χ0n) is 21.9. The van der Waals surface area contributed by atoms with Crippen molar-refractivity contribution in [1.82, 2.24) is 9.97 Å². The molecule has 40 heavy (non-hydrogen) atoms. The minimum atomic E-state index is 0.881. The average Bonchev–Trinajstić information content (AvgIpc) is 3.05. The molecule has 2 nitrogen and oxygen atoms in total. The summed E-state index contributed by atoms with van der Waals surface area (Å²) in [6, 6.07) is 54.8. The summed E-state index contributed by atoms with van der Waals surface area (Å²) in [6.45, 7) is 0. The van der Waals surface area contributed by atoms with Crippen LogP contribution in [0.5, 0.6) is 0 Å². The Kier molecular flexibility index (Phi) is 6.20. The van der Waals surface area contributed by atoms with Gasteiger partial charge in [0.25, 0.3) is 0 Å². The van der Waals surface area contributed by atoms with E-state index >= 15 is 0 Å². The van der Waals surface area contributed by atoms with Gasteiger partial charge in [-0.2, -0.15) is 0 Å². The lowest BCUT2D eigenvalue weighted by molar-refractivity contribution is 1.29. The van der Waals surface area contributed by atoms with Crippen LogP contribution >= 0.6 is 0 Å². The second-order valence-corrected chi connectivity index (χ2v) is 9.82.